The smallest absolute Gasteiger partial charge is 0.0386 e. The van der Waals surface area contributed by atoms with Gasteiger partial charge in [0.1, 0.15) is 0 Å². The van der Waals surface area contributed by atoms with Crippen LogP contribution >= 0.6 is 18.5 Å². The van der Waals surface area contributed by atoms with Crippen molar-refractivity contribution < 1.29 is 0 Å². The molecule has 3 rings (SSSR count). The maximum Gasteiger partial charge on any atom is 0.0386 e. The van der Waals surface area contributed by atoms with Gasteiger partial charge in [-0.25, -0.2) is 0 Å². The predicted octanol–water partition coefficient (Wildman–Crippen LogP) is 9.23. The normalized spacial score (nSPS) is 14.4. The minimum absolute atomic E-state index is 0.775. The Morgan fingerprint density at radius 2 is 1.72 bits per heavy atom. The Morgan fingerprint density at radius 3 is 2.22 bits per heavy atom. The maximum absolute atomic E-state index is 6.20. The van der Waals surface area contributed by atoms with E-state index in [1.807, 2.05) is 45.2 Å². The van der Waals surface area contributed by atoms with Gasteiger partial charge in [-0.1, -0.05) is 101 Å². The van der Waals surface area contributed by atoms with Gasteiger partial charge in [-0.05, 0) is 78.0 Å². The van der Waals surface area contributed by atoms with Gasteiger partial charge >= 0.3 is 0 Å². The van der Waals surface area contributed by atoms with Crippen molar-refractivity contribution >= 4 is 36.4 Å². The monoisotopic (exact) mass is 518 g/mol. The lowest BCUT2D eigenvalue weighted by molar-refractivity contribution is 1.08. The van der Waals surface area contributed by atoms with Crippen molar-refractivity contribution in [3.05, 3.63) is 131 Å². The van der Waals surface area contributed by atoms with Crippen LogP contribution in [-0.2, 0) is 6.42 Å². The quantitative estimate of drug-likeness (QED) is 0.203. The maximum atomic E-state index is 6.20. The van der Waals surface area contributed by atoms with Crippen LogP contribution in [0.1, 0.15) is 55.5 Å². The van der Waals surface area contributed by atoms with Gasteiger partial charge in [0.15, 0.2) is 0 Å². The van der Waals surface area contributed by atoms with Crippen molar-refractivity contribution in [3.63, 3.8) is 0 Å². The molecule has 0 saturated heterocycles. The van der Waals surface area contributed by atoms with Crippen LogP contribution in [0.2, 0.25) is 0 Å². The number of nitrogens with two attached hydrogens (primary N) is 1. The summed E-state index contributed by atoms with van der Waals surface area (Å²) in [4.78, 5) is 0. The summed E-state index contributed by atoms with van der Waals surface area (Å²) in [5.74, 6) is 0. The van der Waals surface area contributed by atoms with E-state index in [4.69, 9.17) is 5.50 Å². The van der Waals surface area contributed by atoms with E-state index in [9.17, 15) is 0 Å². The van der Waals surface area contributed by atoms with Crippen molar-refractivity contribution in [3.8, 4) is 0 Å². The third-order valence-electron chi connectivity index (χ3n) is 5.78. The molecule has 0 aromatic heterocycles. The van der Waals surface area contributed by atoms with E-state index in [0.29, 0.717) is 0 Å². The van der Waals surface area contributed by atoms with Gasteiger partial charge in [0.05, 0.1) is 0 Å². The molecule has 2 aromatic rings. The summed E-state index contributed by atoms with van der Waals surface area (Å²) < 4.78 is 0. The molecule has 1 unspecified atom stereocenters. The van der Waals surface area contributed by atoms with E-state index >= 15 is 0 Å². The van der Waals surface area contributed by atoms with Crippen LogP contribution in [0.5, 0.6) is 0 Å². The zero-order chi connectivity index (χ0) is 27.5. The van der Waals surface area contributed by atoms with Gasteiger partial charge in [-0.2, -0.15) is 0 Å². The minimum atomic E-state index is -2.27. The van der Waals surface area contributed by atoms with Gasteiger partial charge in [-0.15, -0.1) is 12.2 Å². The molecule has 0 radical (unpaired) electrons. The average Bonchev–Trinajstić information content (AvgIpc) is 2.87. The summed E-state index contributed by atoms with van der Waals surface area (Å²) >= 11 is 4.50. The van der Waals surface area contributed by atoms with E-state index in [0.717, 1.165) is 50.8 Å². The second-order valence-corrected chi connectivity index (χ2v) is 12.8. The molecule has 0 spiro atoms. The van der Waals surface area contributed by atoms with Crippen LogP contribution in [0.4, 0.5) is 0 Å². The van der Waals surface area contributed by atoms with Gasteiger partial charge < -0.3 is 10.8 Å². The van der Waals surface area contributed by atoms with Crippen LogP contribution in [0, 0.1) is 13.8 Å². The largest absolute Gasteiger partial charge is 0.362 e. The van der Waals surface area contributed by atoms with Crippen LogP contribution in [0.25, 0.3) is 11.6 Å². The van der Waals surface area contributed by atoms with E-state index < -0.39 is 6.24 Å². The molecule has 0 fully saturated rings. The summed E-state index contributed by atoms with van der Waals surface area (Å²) in [6, 6.07) is 14.9. The van der Waals surface area contributed by atoms with Crippen molar-refractivity contribution in [2.45, 2.75) is 48.0 Å². The Hall–Kier alpha value is -2.71. The lowest BCUT2D eigenvalue weighted by Crippen LogP contribution is -2.12. The Labute approximate surface area is 225 Å². The molecule has 0 saturated carbocycles. The first-order chi connectivity index (χ1) is 17.0. The summed E-state index contributed by atoms with van der Waals surface area (Å²) in [6.45, 7) is 24.6. The van der Waals surface area contributed by atoms with Crippen molar-refractivity contribution in [1.82, 2.24) is 5.32 Å². The summed E-state index contributed by atoms with van der Waals surface area (Å²) in [5.41, 5.74) is 16.1. The highest BCUT2D eigenvalue weighted by atomic mass is 32.7. The molecule has 0 amide bonds. The fourth-order valence-corrected chi connectivity index (χ4v) is 4.69. The van der Waals surface area contributed by atoms with E-state index in [2.05, 4.69) is 107 Å². The number of rotatable bonds is 6. The molecule has 1 heterocycles. The second kappa shape index (κ2) is 14.8. The first kappa shape index (κ1) is 31.3. The molecule has 1 aliphatic rings. The standard InChI is InChI=1S/C21H25N2PS.C9H12.C2H6/c1-7-18-11-10-14(2)20(13-18)21(15(3)17(5)24(6,22)25)19-9-8-12-23-16(19)4;1-3-9-6-4-8(2)5-7-9;1-2/h7-13,23,25H,1,4-6,22H2,2-3H3;4-7H,3H2,1-2H3;1-2H3/b21-15+;;. The number of benzene rings is 2. The van der Waals surface area contributed by atoms with Gasteiger partial charge in [0.25, 0.3) is 0 Å². The highest BCUT2D eigenvalue weighted by Gasteiger charge is 2.21. The van der Waals surface area contributed by atoms with E-state index in [1.54, 1.807) is 0 Å². The Bertz CT molecular complexity index is 1220. The topological polar surface area (TPSA) is 38.0 Å². The number of hydrogen-bond donors (Lipinski definition) is 3. The van der Waals surface area contributed by atoms with E-state index in [1.165, 1.54) is 11.1 Å². The van der Waals surface area contributed by atoms with Crippen molar-refractivity contribution in [2.24, 2.45) is 5.50 Å². The second-order valence-electron chi connectivity index (χ2n) is 8.45. The van der Waals surface area contributed by atoms with Crippen LogP contribution < -0.4 is 10.8 Å². The first-order valence-electron chi connectivity index (χ1n) is 12.3. The molecule has 1 aliphatic heterocycles. The van der Waals surface area contributed by atoms with Gasteiger partial charge in [0.2, 0.25) is 0 Å². The lowest BCUT2D eigenvalue weighted by Gasteiger charge is -2.25. The molecule has 2 nitrogen and oxygen atoms in total. The summed E-state index contributed by atoms with van der Waals surface area (Å²) in [5, 5.41) is 3.95. The molecular formula is C32H43N2PS. The van der Waals surface area contributed by atoms with Gasteiger partial charge in [-0.3, -0.25) is 0 Å². The zero-order valence-corrected chi connectivity index (χ0v) is 24.6. The summed E-state index contributed by atoms with van der Waals surface area (Å²) in [6.07, 6.45) is 10.6. The third kappa shape index (κ3) is 8.75. The summed E-state index contributed by atoms with van der Waals surface area (Å²) in [7, 11) is 0. The number of allylic oxidation sites excluding steroid dienone is 5. The molecule has 3 N–H and O–H groups in total. The minimum Gasteiger partial charge on any atom is -0.362 e. The lowest BCUT2D eigenvalue weighted by atomic mass is 9.87. The Morgan fingerprint density at radius 1 is 1.11 bits per heavy atom. The van der Waals surface area contributed by atoms with E-state index in [-0.39, 0.29) is 0 Å². The Balaban J connectivity index is 0.000000491. The number of thiol groups is 1. The molecule has 2 aromatic carbocycles. The van der Waals surface area contributed by atoms with Crippen LogP contribution in [-0.4, -0.2) is 6.30 Å². The van der Waals surface area contributed by atoms with Crippen molar-refractivity contribution in [1.29, 1.82) is 0 Å². The highest BCUT2D eigenvalue weighted by molar-refractivity contribution is 8.52. The molecule has 0 bridgehead atoms. The van der Waals surface area contributed by atoms with Crippen molar-refractivity contribution in [2.75, 3.05) is 0 Å². The molecule has 36 heavy (non-hydrogen) atoms. The third-order valence-corrected chi connectivity index (χ3v) is 7.78. The highest BCUT2D eigenvalue weighted by Crippen LogP contribution is 2.54. The number of hydrogen-bond acceptors (Lipinski definition) is 3. The zero-order valence-electron chi connectivity index (χ0n) is 22.9. The average molecular weight is 519 g/mol. The fraction of sp³-hybridized carbons (Fsp3) is 0.219. The molecule has 1 atom stereocenters. The number of aryl methyl sites for hydroxylation is 3. The molecule has 192 valence electrons. The first-order valence-corrected chi connectivity index (χ1v) is 15.5. The van der Waals surface area contributed by atoms with Gasteiger partial charge in [0, 0.05) is 23.7 Å². The van der Waals surface area contributed by atoms with Crippen LogP contribution in [0.3, 0.4) is 0 Å². The SMILES string of the molecule is C=Cc1ccc(C)c(/C(C2=CC=CNC2=C)=C(\C)C(=C)P(=C)(N)S)c1.CC.CCc1ccc(C)cc1. The number of nitrogens with one attached hydrogen (secondary N) is 1. The molecule has 4 heteroatoms. The molecular weight excluding hydrogens is 475 g/mol. The number of dihydropyridines is 1. The predicted molar refractivity (Wildman–Crippen MR) is 172 cm³/mol. The Kier molecular flexibility index (Phi) is 12.8. The molecule has 0 aliphatic carbocycles. The fourth-order valence-electron chi connectivity index (χ4n) is 3.55. The van der Waals surface area contributed by atoms with Crippen LogP contribution in [0.15, 0.2) is 103 Å².